The topological polar surface area (TPSA) is 79.6 Å². The fraction of sp³-hybridized carbons (Fsp3) is 0.440. The van der Waals surface area contributed by atoms with E-state index in [9.17, 15) is 9.90 Å². The summed E-state index contributed by atoms with van der Waals surface area (Å²) < 4.78 is 6.80. The molecule has 1 fully saturated rings. The average molecular weight is 435 g/mol. The molecule has 1 saturated heterocycles. The first-order valence-corrected chi connectivity index (χ1v) is 11.5. The number of anilines is 1. The Kier molecular flexibility index (Phi) is 6.21. The van der Waals surface area contributed by atoms with Crippen LogP contribution in [0, 0.1) is 0 Å². The van der Waals surface area contributed by atoms with E-state index >= 15 is 0 Å². The monoisotopic (exact) mass is 434 g/mol. The van der Waals surface area contributed by atoms with Crippen molar-refractivity contribution >= 4 is 16.5 Å². The second-order valence-corrected chi connectivity index (χ2v) is 8.87. The molecule has 3 heterocycles. The number of ether oxygens (including phenoxy) is 1. The predicted octanol–water partition coefficient (Wildman–Crippen LogP) is 2.41. The highest BCUT2D eigenvalue weighted by atomic mass is 16.5. The second kappa shape index (κ2) is 9.40. The summed E-state index contributed by atoms with van der Waals surface area (Å²) in [5, 5.41) is 20.0. The quantitative estimate of drug-likeness (QED) is 0.620. The summed E-state index contributed by atoms with van der Waals surface area (Å²) >= 11 is 0. The van der Waals surface area contributed by atoms with Crippen molar-refractivity contribution in [2.75, 3.05) is 31.6 Å². The molecule has 2 aliphatic heterocycles. The number of rotatable bonds is 6. The molecule has 0 aliphatic carbocycles. The molecule has 0 spiro atoms. The van der Waals surface area contributed by atoms with E-state index in [1.807, 2.05) is 18.2 Å². The lowest BCUT2D eigenvalue weighted by atomic mass is 10.00. The first-order chi connectivity index (χ1) is 15.7. The Morgan fingerprint density at radius 1 is 1.12 bits per heavy atom. The molecule has 3 aromatic rings. The zero-order valence-corrected chi connectivity index (χ0v) is 18.2. The SMILES string of the molecule is O=c1c2ccc(NC3CCOCC3)cc2cnn1C[C@H](O)CN1CCc2ccccc2C1. The molecule has 1 aromatic heterocycles. The minimum absolute atomic E-state index is 0.164. The molecule has 2 aromatic carbocycles. The van der Waals surface area contributed by atoms with Gasteiger partial charge in [0, 0.05) is 50.0 Å². The molecular weight excluding hydrogens is 404 g/mol. The van der Waals surface area contributed by atoms with Crippen LogP contribution in [0.25, 0.3) is 10.8 Å². The molecule has 32 heavy (non-hydrogen) atoms. The van der Waals surface area contributed by atoms with Crippen LogP contribution in [-0.2, 0) is 24.2 Å². The van der Waals surface area contributed by atoms with Crippen LogP contribution in [0.3, 0.4) is 0 Å². The number of fused-ring (bicyclic) bond motifs is 2. The molecule has 168 valence electrons. The highest BCUT2D eigenvalue weighted by Gasteiger charge is 2.19. The van der Waals surface area contributed by atoms with Crippen molar-refractivity contribution in [3.8, 4) is 0 Å². The fourth-order valence-corrected chi connectivity index (χ4v) is 4.75. The standard InChI is InChI=1S/C25H30N4O3/c30-23(16-28-10-7-18-3-1-2-4-19(18)15-28)17-29-25(31)24-6-5-22(13-20(24)14-26-29)27-21-8-11-32-12-9-21/h1-6,13-14,21,23,27,30H,7-12,15-17H2/t23-/m1/s1. The van der Waals surface area contributed by atoms with E-state index in [1.165, 1.54) is 15.8 Å². The average Bonchev–Trinajstić information content (AvgIpc) is 2.81. The third kappa shape index (κ3) is 4.70. The number of aliphatic hydroxyl groups is 1. The molecule has 0 saturated carbocycles. The van der Waals surface area contributed by atoms with Gasteiger partial charge in [-0.1, -0.05) is 24.3 Å². The first kappa shape index (κ1) is 21.1. The summed E-state index contributed by atoms with van der Waals surface area (Å²) in [6.45, 7) is 4.02. The van der Waals surface area contributed by atoms with Gasteiger partial charge in [0.25, 0.3) is 5.56 Å². The predicted molar refractivity (Wildman–Crippen MR) is 125 cm³/mol. The summed E-state index contributed by atoms with van der Waals surface area (Å²) in [7, 11) is 0. The van der Waals surface area contributed by atoms with Crippen molar-refractivity contribution in [1.82, 2.24) is 14.7 Å². The number of nitrogens with one attached hydrogen (secondary N) is 1. The van der Waals surface area contributed by atoms with Crippen LogP contribution in [0.2, 0.25) is 0 Å². The molecule has 0 unspecified atom stereocenters. The lowest BCUT2D eigenvalue weighted by Gasteiger charge is -2.30. The maximum atomic E-state index is 13.0. The van der Waals surface area contributed by atoms with Crippen LogP contribution in [0.1, 0.15) is 24.0 Å². The summed E-state index contributed by atoms with van der Waals surface area (Å²) in [5.74, 6) is 0. The van der Waals surface area contributed by atoms with E-state index in [1.54, 1.807) is 6.20 Å². The molecule has 7 heteroatoms. The van der Waals surface area contributed by atoms with E-state index in [0.717, 1.165) is 56.6 Å². The molecular formula is C25H30N4O3. The number of hydrogen-bond donors (Lipinski definition) is 2. The van der Waals surface area contributed by atoms with E-state index < -0.39 is 6.10 Å². The molecule has 1 atom stereocenters. The summed E-state index contributed by atoms with van der Waals surface area (Å²) in [4.78, 5) is 15.2. The van der Waals surface area contributed by atoms with Crippen LogP contribution in [0.15, 0.2) is 53.5 Å². The highest BCUT2D eigenvalue weighted by molar-refractivity contribution is 5.84. The number of benzene rings is 2. The number of aliphatic hydroxyl groups excluding tert-OH is 1. The van der Waals surface area contributed by atoms with Gasteiger partial charge in [0.2, 0.25) is 0 Å². The van der Waals surface area contributed by atoms with E-state index in [4.69, 9.17) is 4.74 Å². The Morgan fingerprint density at radius 3 is 2.78 bits per heavy atom. The van der Waals surface area contributed by atoms with Gasteiger partial charge >= 0.3 is 0 Å². The zero-order chi connectivity index (χ0) is 21.9. The molecule has 0 bridgehead atoms. The Labute approximate surface area is 187 Å². The van der Waals surface area contributed by atoms with Crippen LogP contribution in [0.5, 0.6) is 0 Å². The molecule has 0 amide bonds. The molecule has 2 aliphatic rings. The number of hydrogen-bond acceptors (Lipinski definition) is 6. The maximum Gasteiger partial charge on any atom is 0.274 e. The van der Waals surface area contributed by atoms with Crippen LogP contribution in [-0.4, -0.2) is 58.2 Å². The highest BCUT2D eigenvalue weighted by Crippen LogP contribution is 2.20. The van der Waals surface area contributed by atoms with Crippen molar-refractivity contribution < 1.29 is 9.84 Å². The van der Waals surface area contributed by atoms with Crippen molar-refractivity contribution in [3.05, 3.63) is 70.1 Å². The van der Waals surface area contributed by atoms with Gasteiger partial charge in [0.1, 0.15) is 0 Å². The fourth-order valence-electron chi connectivity index (χ4n) is 4.75. The van der Waals surface area contributed by atoms with Gasteiger partial charge in [0.05, 0.1) is 24.2 Å². The Bertz CT molecular complexity index is 1140. The molecule has 2 N–H and O–H groups in total. The summed E-state index contributed by atoms with van der Waals surface area (Å²) in [6.07, 6.45) is 4.02. The van der Waals surface area contributed by atoms with E-state index in [0.29, 0.717) is 18.0 Å². The lowest BCUT2D eigenvalue weighted by molar-refractivity contribution is 0.0878. The molecule has 5 rings (SSSR count). The molecule has 7 nitrogen and oxygen atoms in total. The van der Waals surface area contributed by atoms with Crippen molar-refractivity contribution in [1.29, 1.82) is 0 Å². The van der Waals surface area contributed by atoms with Crippen LogP contribution < -0.4 is 10.9 Å². The summed E-state index contributed by atoms with van der Waals surface area (Å²) in [6, 6.07) is 14.6. The van der Waals surface area contributed by atoms with Crippen molar-refractivity contribution in [2.45, 2.75) is 44.5 Å². The maximum absolute atomic E-state index is 13.0. The van der Waals surface area contributed by atoms with Gasteiger partial charge in [-0.15, -0.1) is 0 Å². The second-order valence-electron chi connectivity index (χ2n) is 8.87. The summed E-state index contributed by atoms with van der Waals surface area (Å²) in [5.41, 5.74) is 3.53. The largest absolute Gasteiger partial charge is 0.390 e. The molecule has 0 radical (unpaired) electrons. The van der Waals surface area contributed by atoms with Gasteiger partial charge < -0.3 is 15.2 Å². The third-order valence-corrected chi connectivity index (χ3v) is 6.51. The lowest BCUT2D eigenvalue weighted by Crippen LogP contribution is -2.40. The van der Waals surface area contributed by atoms with Gasteiger partial charge in [-0.3, -0.25) is 9.69 Å². The normalized spacial score (nSPS) is 18.4. The smallest absolute Gasteiger partial charge is 0.274 e. The minimum Gasteiger partial charge on any atom is -0.390 e. The Morgan fingerprint density at radius 2 is 1.94 bits per heavy atom. The number of aromatic nitrogens is 2. The van der Waals surface area contributed by atoms with Crippen molar-refractivity contribution in [2.24, 2.45) is 0 Å². The zero-order valence-electron chi connectivity index (χ0n) is 18.2. The van der Waals surface area contributed by atoms with E-state index in [-0.39, 0.29) is 12.1 Å². The van der Waals surface area contributed by atoms with Gasteiger partial charge in [-0.05, 0) is 48.6 Å². The Balaban J connectivity index is 1.24. The third-order valence-electron chi connectivity index (χ3n) is 6.51. The van der Waals surface area contributed by atoms with Gasteiger partial charge in [0.15, 0.2) is 0 Å². The van der Waals surface area contributed by atoms with Gasteiger partial charge in [-0.2, -0.15) is 5.10 Å². The van der Waals surface area contributed by atoms with Crippen LogP contribution >= 0.6 is 0 Å². The Hall–Kier alpha value is -2.74. The number of β-amino-alcohol motifs (C(OH)–C–C–N with tert-alkyl or cyclic N) is 1. The van der Waals surface area contributed by atoms with E-state index in [2.05, 4.69) is 39.6 Å². The van der Waals surface area contributed by atoms with Crippen LogP contribution in [0.4, 0.5) is 5.69 Å². The minimum atomic E-state index is -0.655. The van der Waals surface area contributed by atoms with Gasteiger partial charge in [-0.25, -0.2) is 4.68 Å². The number of nitrogens with zero attached hydrogens (tertiary/aromatic N) is 3. The first-order valence-electron chi connectivity index (χ1n) is 11.5. The van der Waals surface area contributed by atoms with Crippen molar-refractivity contribution in [3.63, 3.8) is 0 Å².